The molecule has 4 heteroatoms. The van der Waals surface area contributed by atoms with E-state index in [1.54, 1.807) is 0 Å². The predicted molar refractivity (Wildman–Crippen MR) is 73.2 cm³/mol. The van der Waals surface area contributed by atoms with Crippen LogP contribution in [0.2, 0.25) is 0 Å². The number of rotatable bonds is 7. The fourth-order valence-corrected chi connectivity index (χ4v) is 2.60. The number of amides is 1. The zero-order valence-corrected chi connectivity index (χ0v) is 11.8. The molecule has 4 nitrogen and oxygen atoms in total. The minimum atomic E-state index is 0.109. The summed E-state index contributed by atoms with van der Waals surface area (Å²) >= 11 is 0. The zero-order valence-electron chi connectivity index (χ0n) is 11.8. The van der Waals surface area contributed by atoms with Crippen molar-refractivity contribution in [2.24, 2.45) is 17.6 Å². The lowest BCUT2D eigenvalue weighted by molar-refractivity contribution is -0.123. The Labute approximate surface area is 111 Å². The molecular formula is C14H28N2O2. The summed E-state index contributed by atoms with van der Waals surface area (Å²) in [4.78, 5) is 11.8. The highest BCUT2D eigenvalue weighted by Crippen LogP contribution is 2.30. The molecule has 0 aromatic rings. The molecule has 18 heavy (non-hydrogen) atoms. The SMILES string of the molecule is CCOCC(C)NC(=O)CC1CCC(CN)CC1. The maximum Gasteiger partial charge on any atom is 0.220 e. The normalized spacial score (nSPS) is 25.7. The van der Waals surface area contributed by atoms with E-state index in [1.165, 1.54) is 12.8 Å². The van der Waals surface area contributed by atoms with Gasteiger partial charge in [0.2, 0.25) is 5.91 Å². The first kappa shape index (κ1) is 15.4. The van der Waals surface area contributed by atoms with Crippen LogP contribution in [0.3, 0.4) is 0 Å². The lowest BCUT2D eigenvalue weighted by atomic mass is 9.80. The van der Waals surface area contributed by atoms with E-state index in [2.05, 4.69) is 5.32 Å². The average molecular weight is 256 g/mol. The van der Waals surface area contributed by atoms with Crippen LogP contribution >= 0.6 is 0 Å². The Morgan fingerprint density at radius 3 is 2.50 bits per heavy atom. The first-order chi connectivity index (χ1) is 8.65. The Hall–Kier alpha value is -0.610. The molecule has 0 bridgehead atoms. The molecule has 0 radical (unpaired) electrons. The maximum absolute atomic E-state index is 11.8. The van der Waals surface area contributed by atoms with E-state index in [1.807, 2.05) is 13.8 Å². The summed E-state index contributed by atoms with van der Waals surface area (Å²) in [5.41, 5.74) is 5.67. The number of nitrogens with two attached hydrogens (primary N) is 1. The van der Waals surface area contributed by atoms with Crippen molar-refractivity contribution >= 4 is 5.91 Å². The van der Waals surface area contributed by atoms with Crippen molar-refractivity contribution in [1.29, 1.82) is 0 Å². The lowest BCUT2D eigenvalue weighted by Gasteiger charge is -2.27. The van der Waals surface area contributed by atoms with Crippen LogP contribution in [-0.4, -0.2) is 31.7 Å². The molecule has 1 aliphatic carbocycles. The van der Waals surface area contributed by atoms with Crippen LogP contribution in [0.25, 0.3) is 0 Å². The lowest BCUT2D eigenvalue weighted by Crippen LogP contribution is -2.37. The summed E-state index contributed by atoms with van der Waals surface area (Å²) in [6.07, 6.45) is 5.32. The second-order valence-electron chi connectivity index (χ2n) is 5.45. The molecule has 1 aliphatic rings. The third-order valence-electron chi connectivity index (χ3n) is 3.75. The number of ether oxygens (including phenoxy) is 1. The Bertz CT molecular complexity index is 238. The first-order valence-electron chi connectivity index (χ1n) is 7.22. The Kier molecular flexibility index (Phi) is 7.28. The molecule has 1 amide bonds. The van der Waals surface area contributed by atoms with Crippen molar-refractivity contribution < 1.29 is 9.53 Å². The van der Waals surface area contributed by atoms with Crippen LogP contribution in [0.15, 0.2) is 0 Å². The molecule has 3 N–H and O–H groups in total. The number of hydrogen-bond donors (Lipinski definition) is 2. The molecule has 0 spiro atoms. The van der Waals surface area contributed by atoms with E-state index in [4.69, 9.17) is 10.5 Å². The van der Waals surface area contributed by atoms with Gasteiger partial charge < -0.3 is 15.8 Å². The summed E-state index contributed by atoms with van der Waals surface area (Å²) < 4.78 is 5.29. The van der Waals surface area contributed by atoms with E-state index >= 15 is 0 Å². The third kappa shape index (κ3) is 5.83. The van der Waals surface area contributed by atoms with Crippen molar-refractivity contribution in [2.45, 2.75) is 52.0 Å². The van der Waals surface area contributed by atoms with E-state index in [0.717, 1.165) is 19.4 Å². The number of nitrogens with one attached hydrogen (secondary N) is 1. The molecule has 0 aliphatic heterocycles. The van der Waals surface area contributed by atoms with Gasteiger partial charge in [0.15, 0.2) is 0 Å². The van der Waals surface area contributed by atoms with Crippen LogP contribution in [-0.2, 0) is 9.53 Å². The topological polar surface area (TPSA) is 64.3 Å². The van der Waals surface area contributed by atoms with E-state index in [-0.39, 0.29) is 11.9 Å². The smallest absolute Gasteiger partial charge is 0.220 e. The molecule has 1 unspecified atom stereocenters. The molecule has 1 rings (SSSR count). The van der Waals surface area contributed by atoms with Gasteiger partial charge in [-0.05, 0) is 57.9 Å². The van der Waals surface area contributed by atoms with Crippen molar-refractivity contribution in [2.75, 3.05) is 19.8 Å². The Morgan fingerprint density at radius 1 is 1.33 bits per heavy atom. The summed E-state index contributed by atoms with van der Waals surface area (Å²) in [5, 5.41) is 3.00. The molecule has 0 aromatic carbocycles. The van der Waals surface area contributed by atoms with Crippen molar-refractivity contribution in [3.63, 3.8) is 0 Å². The molecule has 1 saturated carbocycles. The summed E-state index contributed by atoms with van der Waals surface area (Å²) in [5.74, 6) is 1.40. The Morgan fingerprint density at radius 2 is 1.94 bits per heavy atom. The first-order valence-corrected chi connectivity index (χ1v) is 7.22. The van der Waals surface area contributed by atoms with Crippen molar-refractivity contribution in [3.8, 4) is 0 Å². The van der Waals surface area contributed by atoms with Crippen LogP contribution < -0.4 is 11.1 Å². The fourth-order valence-electron chi connectivity index (χ4n) is 2.60. The molecule has 106 valence electrons. The monoisotopic (exact) mass is 256 g/mol. The van der Waals surface area contributed by atoms with Gasteiger partial charge in [0, 0.05) is 19.1 Å². The van der Waals surface area contributed by atoms with Gasteiger partial charge in [0.1, 0.15) is 0 Å². The summed E-state index contributed by atoms with van der Waals surface area (Å²) in [7, 11) is 0. The second kappa shape index (κ2) is 8.48. The molecular weight excluding hydrogens is 228 g/mol. The van der Waals surface area contributed by atoms with Gasteiger partial charge in [-0.15, -0.1) is 0 Å². The number of carbonyl (C=O) groups is 1. The van der Waals surface area contributed by atoms with Gasteiger partial charge in [0.25, 0.3) is 0 Å². The van der Waals surface area contributed by atoms with Crippen LogP contribution in [0.4, 0.5) is 0 Å². The predicted octanol–water partition coefficient (Wildman–Crippen LogP) is 1.68. The summed E-state index contributed by atoms with van der Waals surface area (Å²) in [6, 6.07) is 0.109. The van der Waals surface area contributed by atoms with Gasteiger partial charge in [0.05, 0.1) is 6.61 Å². The molecule has 0 saturated heterocycles. The Balaban J connectivity index is 2.16. The van der Waals surface area contributed by atoms with E-state index < -0.39 is 0 Å². The standard InChI is InChI=1S/C14H28N2O2/c1-3-18-10-11(2)16-14(17)8-12-4-6-13(9-15)7-5-12/h11-13H,3-10,15H2,1-2H3,(H,16,17). The minimum Gasteiger partial charge on any atom is -0.380 e. The largest absolute Gasteiger partial charge is 0.380 e. The quantitative estimate of drug-likeness (QED) is 0.728. The van der Waals surface area contributed by atoms with Crippen LogP contribution in [0.1, 0.15) is 46.0 Å². The molecule has 0 aromatic heterocycles. The van der Waals surface area contributed by atoms with Crippen molar-refractivity contribution in [1.82, 2.24) is 5.32 Å². The highest BCUT2D eigenvalue weighted by atomic mass is 16.5. The molecule has 0 heterocycles. The van der Waals surface area contributed by atoms with Gasteiger partial charge in [-0.3, -0.25) is 4.79 Å². The highest BCUT2D eigenvalue weighted by molar-refractivity contribution is 5.76. The van der Waals surface area contributed by atoms with Gasteiger partial charge in [-0.1, -0.05) is 0 Å². The second-order valence-corrected chi connectivity index (χ2v) is 5.45. The molecule has 1 atom stereocenters. The maximum atomic E-state index is 11.8. The summed E-state index contributed by atoms with van der Waals surface area (Å²) in [6.45, 7) is 6.04. The van der Waals surface area contributed by atoms with Crippen LogP contribution in [0.5, 0.6) is 0 Å². The molecule has 1 fully saturated rings. The fraction of sp³-hybridized carbons (Fsp3) is 0.929. The number of hydrogen-bond acceptors (Lipinski definition) is 3. The average Bonchev–Trinajstić information content (AvgIpc) is 2.37. The van der Waals surface area contributed by atoms with Gasteiger partial charge in [-0.2, -0.15) is 0 Å². The van der Waals surface area contributed by atoms with Crippen LogP contribution in [0, 0.1) is 11.8 Å². The highest BCUT2D eigenvalue weighted by Gasteiger charge is 2.22. The minimum absolute atomic E-state index is 0.109. The van der Waals surface area contributed by atoms with E-state index in [0.29, 0.717) is 31.5 Å². The zero-order chi connectivity index (χ0) is 13.4. The van der Waals surface area contributed by atoms with Gasteiger partial charge >= 0.3 is 0 Å². The van der Waals surface area contributed by atoms with Crippen molar-refractivity contribution in [3.05, 3.63) is 0 Å². The third-order valence-corrected chi connectivity index (χ3v) is 3.75. The number of carbonyl (C=O) groups excluding carboxylic acids is 1. The van der Waals surface area contributed by atoms with E-state index in [9.17, 15) is 4.79 Å². The van der Waals surface area contributed by atoms with Gasteiger partial charge in [-0.25, -0.2) is 0 Å².